The summed E-state index contributed by atoms with van der Waals surface area (Å²) in [5, 5.41) is 8.87. The second-order valence-electron chi connectivity index (χ2n) is 5.03. The Labute approximate surface area is 114 Å². The van der Waals surface area contributed by atoms with E-state index in [4.69, 9.17) is 11.6 Å². The Kier molecular flexibility index (Phi) is 4.38. The number of hydrogen-bond acceptors (Lipinski definition) is 4. The van der Waals surface area contributed by atoms with Crippen LogP contribution in [0.1, 0.15) is 38.1 Å². The van der Waals surface area contributed by atoms with Gasteiger partial charge in [-0.05, 0) is 31.6 Å². The lowest BCUT2D eigenvalue weighted by Crippen LogP contribution is -2.35. The van der Waals surface area contributed by atoms with E-state index >= 15 is 0 Å². The van der Waals surface area contributed by atoms with Crippen molar-refractivity contribution < 1.29 is 0 Å². The number of aryl methyl sites for hydroxylation is 2. The average molecular weight is 269 g/mol. The van der Waals surface area contributed by atoms with Crippen LogP contribution in [0.3, 0.4) is 0 Å². The van der Waals surface area contributed by atoms with Crippen molar-refractivity contribution >= 4 is 17.5 Å². The van der Waals surface area contributed by atoms with Gasteiger partial charge in [0.05, 0.1) is 11.4 Å². The number of nitrogens with zero attached hydrogens (tertiary/aromatic N) is 4. The van der Waals surface area contributed by atoms with Crippen molar-refractivity contribution in [1.82, 2.24) is 15.2 Å². The Morgan fingerprint density at radius 1 is 1.17 bits per heavy atom. The summed E-state index contributed by atoms with van der Waals surface area (Å²) in [5.74, 6) is 1.42. The van der Waals surface area contributed by atoms with Gasteiger partial charge in [-0.25, -0.2) is 4.98 Å². The van der Waals surface area contributed by atoms with Crippen LogP contribution in [-0.2, 0) is 12.8 Å². The molecule has 1 heterocycles. The topological polar surface area (TPSA) is 41.9 Å². The molecular weight excluding hydrogens is 248 g/mol. The third-order valence-electron chi connectivity index (χ3n) is 3.55. The zero-order valence-corrected chi connectivity index (χ0v) is 12.1. The van der Waals surface area contributed by atoms with Crippen LogP contribution in [0.4, 0.5) is 5.95 Å². The quantitative estimate of drug-likeness (QED) is 0.770. The fraction of sp³-hybridized carbons (Fsp3) is 0.769. The summed E-state index contributed by atoms with van der Waals surface area (Å²) in [6, 6.07) is 0. The molecule has 1 aliphatic rings. The molecule has 0 saturated heterocycles. The summed E-state index contributed by atoms with van der Waals surface area (Å²) in [6.45, 7) is 5.17. The first-order chi connectivity index (χ1) is 8.63. The maximum atomic E-state index is 6.00. The van der Waals surface area contributed by atoms with Crippen molar-refractivity contribution in [3.63, 3.8) is 0 Å². The molecule has 0 aromatic carbocycles. The lowest BCUT2D eigenvalue weighted by Gasteiger charge is -2.34. The van der Waals surface area contributed by atoms with Gasteiger partial charge < -0.3 is 4.90 Å². The summed E-state index contributed by atoms with van der Waals surface area (Å²) in [6.07, 6.45) is 4.01. The molecule has 0 aliphatic heterocycles. The van der Waals surface area contributed by atoms with Gasteiger partial charge in [0, 0.05) is 19.0 Å². The van der Waals surface area contributed by atoms with E-state index in [0.717, 1.165) is 49.6 Å². The molecule has 0 unspecified atom stereocenters. The van der Waals surface area contributed by atoms with E-state index in [2.05, 4.69) is 33.9 Å². The molecule has 5 heteroatoms. The average Bonchev–Trinajstić information content (AvgIpc) is 2.35. The van der Waals surface area contributed by atoms with Crippen molar-refractivity contribution in [2.45, 2.75) is 44.9 Å². The smallest absolute Gasteiger partial charge is 0.245 e. The molecule has 1 aromatic rings. The fourth-order valence-corrected chi connectivity index (χ4v) is 2.87. The fourth-order valence-electron chi connectivity index (χ4n) is 2.36. The molecule has 0 N–H and O–H groups in total. The first-order valence-corrected chi connectivity index (χ1v) is 7.15. The van der Waals surface area contributed by atoms with Gasteiger partial charge in [0.1, 0.15) is 0 Å². The van der Waals surface area contributed by atoms with Gasteiger partial charge in [-0.2, -0.15) is 5.10 Å². The Hall–Kier alpha value is -0.900. The number of anilines is 1. The molecule has 18 heavy (non-hydrogen) atoms. The highest BCUT2D eigenvalue weighted by molar-refractivity contribution is 6.21. The van der Waals surface area contributed by atoms with Gasteiger partial charge in [0.2, 0.25) is 5.95 Å². The van der Waals surface area contributed by atoms with Crippen LogP contribution in [0.5, 0.6) is 0 Å². The number of hydrogen-bond donors (Lipinski definition) is 0. The Morgan fingerprint density at radius 2 is 1.83 bits per heavy atom. The van der Waals surface area contributed by atoms with E-state index in [1.807, 2.05) is 7.05 Å². The van der Waals surface area contributed by atoms with E-state index in [1.165, 1.54) is 0 Å². The maximum Gasteiger partial charge on any atom is 0.245 e. The molecule has 0 bridgehead atoms. The van der Waals surface area contributed by atoms with Gasteiger partial charge in [-0.15, -0.1) is 16.7 Å². The molecule has 1 aliphatic carbocycles. The van der Waals surface area contributed by atoms with E-state index in [-0.39, 0.29) is 0 Å². The molecule has 4 nitrogen and oxygen atoms in total. The van der Waals surface area contributed by atoms with Crippen LogP contribution in [0.15, 0.2) is 0 Å². The van der Waals surface area contributed by atoms with Crippen molar-refractivity contribution in [3.05, 3.63) is 11.4 Å². The molecule has 100 valence electrons. The first-order valence-electron chi connectivity index (χ1n) is 6.71. The molecular formula is C13H21ClN4. The van der Waals surface area contributed by atoms with E-state index in [0.29, 0.717) is 11.3 Å². The molecule has 0 amide bonds. The standard InChI is InChI=1S/C13H21ClN4/c1-4-11-12(5-2)16-17-13(15-11)18(3)8-9-6-10(14)7-9/h9-10H,4-8H2,1-3H3. The molecule has 1 aromatic heterocycles. The Morgan fingerprint density at radius 3 is 2.39 bits per heavy atom. The molecule has 0 spiro atoms. The van der Waals surface area contributed by atoms with E-state index in [1.54, 1.807) is 0 Å². The lowest BCUT2D eigenvalue weighted by molar-refractivity contribution is 0.328. The van der Waals surface area contributed by atoms with Crippen LogP contribution >= 0.6 is 11.6 Å². The van der Waals surface area contributed by atoms with Gasteiger partial charge in [0.15, 0.2) is 0 Å². The Balaban J connectivity index is 2.03. The molecule has 1 saturated carbocycles. The third-order valence-corrected chi connectivity index (χ3v) is 3.91. The second kappa shape index (κ2) is 5.83. The minimum atomic E-state index is 0.371. The number of aromatic nitrogens is 3. The van der Waals surface area contributed by atoms with Crippen LogP contribution in [0.25, 0.3) is 0 Å². The minimum absolute atomic E-state index is 0.371. The van der Waals surface area contributed by atoms with Crippen molar-refractivity contribution in [2.24, 2.45) is 5.92 Å². The molecule has 1 fully saturated rings. The van der Waals surface area contributed by atoms with Crippen LogP contribution in [0.2, 0.25) is 0 Å². The normalized spacial score (nSPS) is 22.7. The molecule has 0 atom stereocenters. The summed E-state index contributed by atoms with van der Waals surface area (Å²) in [4.78, 5) is 6.71. The number of rotatable bonds is 5. The Bertz CT molecular complexity index is 404. The maximum absolute atomic E-state index is 6.00. The highest BCUT2D eigenvalue weighted by atomic mass is 35.5. The summed E-state index contributed by atoms with van der Waals surface area (Å²) in [7, 11) is 2.03. The number of halogens is 1. The zero-order valence-electron chi connectivity index (χ0n) is 11.4. The molecule has 2 rings (SSSR count). The van der Waals surface area contributed by atoms with Gasteiger partial charge in [-0.3, -0.25) is 0 Å². The van der Waals surface area contributed by atoms with E-state index in [9.17, 15) is 0 Å². The second-order valence-corrected chi connectivity index (χ2v) is 5.64. The zero-order chi connectivity index (χ0) is 13.1. The van der Waals surface area contributed by atoms with Crippen LogP contribution in [-0.4, -0.2) is 34.2 Å². The van der Waals surface area contributed by atoms with Crippen molar-refractivity contribution in [2.75, 3.05) is 18.5 Å². The van der Waals surface area contributed by atoms with Gasteiger partial charge >= 0.3 is 0 Å². The monoisotopic (exact) mass is 268 g/mol. The highest BCUT2D eigenvalue weighted by Gasteiger charge is 2.28. The number of alkyl halides is 1. The predicted octanol–water partition coefficient (Wildman–Crippen LogP) is 2.45. The van der Waals surface area contributed by atoms with Crippen molar-refractivity contribution in [3.8, 4) is 0 Å². The highest BCUT2D eigenvalue weighted by Crippen LogP contribution is 2.32. The lowest BCUT2D eigenvalue weighted by atomic mass is 9.84. The van der Waals surface area contributed by atoms with E-state index < -0.39 is 0 Å². The SMILES string of the molecule is CCc1nnc(N(C)CC2CC(Cl)C2)nc1CC. The summed E-state index contributed by atoms with van der Waals surface area (Å²) in [5.41, 5.74) is 2.08. The van der Waals surface area contributed by atoms with Gasteiger partial charge in [-0.1, -0.05) is 13.8 Å². The van der Waals surface area contributed by atoms with Crippen LogP contribution < -0.4 is 4.90 Å². The van der Waals surface area contributed by atoms with Crippen molar-refractivity contribution in [1.29, 1.82) is 0 Å². The third kappa shape index (κ3) is 2.91. The van der Waals surface area contributed by atoms with Gasteiger partial charge in [0.25, 0.3) is 0 Å². The minimum Gasteiger partial charge on any atom is -0.342 e. The molecule has 0 radical (unpaired) electrons. The summed E-state index contributed by atoms with van der Waals surface area (Å²) >= 11 is 6.00. The largest absolute Gasteiger partial charge is 0.342 e. The summed E-state index contributed by atoms with van der Waals surface area (Å²) < 4.78 is 0. The predicted molar refractivity (Wildman–Crippen MR) is 74.2 cm³/mol. The van der Waals surface area contributed by atoms with Crippen LogP contribution in [0, 0.1) is 5.92 Å². The first kappa shape index (κ1) is 13.5.